The lowest BCUT2D eigenvalue weighted by atomic mass is 10.0. The molecule has 0 spiro atoms. The molecule has 5 heteroatoms. The van der Waals surface area contributed by atoms with Gasteiger partial charge in [0.2, 0.25) is 0 Å². The third-order valence-corrected chi connectivity index (χ3v) is 2.42. The van der Waals surface area contributed by atoms with E-state index in [-0.39, 0.29) is 16.5 Å². The van der Waals surface area contributed by atoms with Crippen LogP contribution in [0.25, 0.3) is 0 Å². The first-order valence-electron chi connectivity index (χ1n) is 3.87. The molecule has 3 nitrogen and oxygen atoms in total. The average Bonchev–Trinajstić information content (AvgIpc) is 2.15. The van der Waals surface area contributed by atoms with Gasteiger partial charge in [0.15, 0.2) is 11.6 Å². The van der Waals surface area contributed by atoms with E-state index < -0.39 is 17.6 Å². The van der Waals surface area contributed by atoms with E-state index >= 15 is 0 Å². The number of nitrogens with two attached hydrogens (primary N) is 1. The van der Waals surface area contributed by atoms with Crippen LogP contribution in [0, 0.1) is 17.1 Å². The topological polar surface area (TPSA) is 70.0 Å². The van der Waals surface area contributed by atoms with E-state index in [9.17, 15) is 9.50 Å². The van der Waals surface area contributed by atoms with Crippen molar-refractivity contribution in [3.63, 3.8) is 0 Å². The van der Waals surface area contributed by atoms with Crippen LogP contribution in [-0.4, -0.2) is 5.11 Å². The molecule has 0 saturated heterocycles. The molecule has 14 heavy (non-hydrogen) atoms. The largest absolute Gasteiger partial charge is 0.505 e. The normalized spacial score (nSPS) is 12.1. The molecule has 0 amide bonds. The smallest absolute Gasteiger partial charge is 0.179 e. The highest BCUT2D eigenvalue weighted by Gasteiger charge is 2.15. The second kappa shape index (κ2) is 4.40. The number of nitriles is 1. The molecule has 74 valence electrons. The standard InChI is InChI=1S/C9H8BrFN2O/c10-6-2-1-5(7(13)3-4-12)9(14)8(6)11/h1-2,7,14H,3,13H2/t7-/m0/s1. The van der Waals surface area contributed by atoms with E-state index in [4.69, 9.17) is 11.0 Å². The molecular weight excluding hydrogens is 251 g/mol. The van der Waals surface area contributed by atoms with Gasteiger partial charge in [-0.1, -0.05) is 6.07 Å². The van der Waals surface area contributed by atoms with Crippen molar-refractivity contribution in [3.8, 4) is 11.8 Å². The number of hydrogen-bond donors (Lipinski definition) is 2. The number of phenols is 1. The minimum atomic E-state index is -0.754. The van der Waals surface area contributed by atoms with Crippen LogP contribution in [-0.2, 0) is 0 Å². The third kappa shape index (κ3) is 2.03. The van der Waals surface area contributed by atoms with Crippen molar-refractivity contribution in [1.29, 1.82) is 5.26 Å². The molecule has 0 heterocycles. The van der Waals surface area contributed by atoms with Gasteiger partial charge in [0.25, 0.3) is 0 Å². The zero-order chi connectivity index (χ0) is 10.7. The lowest BCUT2D eigenvalue weighted by molar-refractivity contribution is 0.419. The fraction of sp³-hybridized carbons (Fsp3) is 0.222. The molecule has 0 unspecified atom stereocenters. The highest BCUT2D eigenvalue weighted by Crippen LogP contribution is 2.31. The fourth-order valence-electron chi connectivity index (χ4n) is 1.06. The molecular formula is C9H8BrFN2O. The van der Waals surface area contributed by atoms with Gasteiger partial charge < -0.3 is 10.8 Å². The molecule has 1 atom stereocenters. The van der Waals surface area contributed by atoms with Crippen molar-refractivity contribution in [1.82, 2.24) is 0 Å². The van der Waals surface area contributed by atoms with Gasteiger partial charge in [0.1, 0.15) is 0 Å². The number of halogens is 2. The van der Waals surface area contributed by atoms with Crippen LogP contribution in [0.5, 0.6) is 5.75 Å². The Balaban J connectivity index is 3.12. The van der Waals surface area contributed by atoms with Gasteiger partial charge in [-0.2, -0.15) is 5.26 Å². The van der Waals surface area contributed by atoms with E-state index in [1.165, 1.54) is 12.1 Å². The summed E-state index contributed by atoms with van der Waals surface area (Å²) in [7, 11) is 0. The first-order valence-corrected chi connectivity index (χ1v) is 4.66. The molecule has 1 aromatic carbocycles. The van der Waals surface area contributed by atoms with Crippen molar-refractivity contribution in [2.45, 2.75) is 12.5 Å². The maximum absolute atomic E-state index is 13.2. The van der Waals surface area contributed by atoms with Crippen LogP contribution in [0.2, 0.25) is 0 Å². The van der Waals surface area contributed by atoms with Crippen molar-refractivity contribution in [2.24, 2.45) is 5.73 Å². The predicted molar refractivity (Wildman–Crippen MR) is 52.9 cm³/mol. The van der Waals surface area contributed by atoms with Gasteiger partial charge in [-0.25, -0.2) is 4.39 Å². The molecule has 0 bridgehead atoms. The number of nitrogens with zero attached hydrogens (tertiary/aromatic N) is 1. The highest BCUT2D eigenvalue weighted by atomic mass is 79.9. The molecule has 0 aliphatic carbocycles. The van der Waals surface area contributed by atoms with E-state index in [2.05, 4.69) is 15.9 Å². The average molecular weight is 259 g/mol. The summed E-state index contributed by atoms with van der Waals surface area (Å²) in [6.45, 7) is 0. The summed E-state index contributed by atoms with van der Waals surface area (Å²) in [6, 6.07) is 4.13. The van der Waals surface area contributed by atoms with E-state index in [0.29, 0.717) is 0 Å². The Morgan fingerprint density at radius 3 is 2.86 bits per heavy atom. The molecule has 1 aromatic rings. The molecule has 1 rings (SSSR count). The van der Waals surface area contributed by atoms with Crippen molar-refractivity contribution in [3.05, 3.63) is 28.0 Å². The van der Waals surface area contributed by atoms with E-state index in [1.807, 2.05) is 6.07 Å². The van der Waals surface area contributed by atoms with Gasteiger partial charge >= 0.3 is 0 Å². The zero-order valence-electron chi connectivity index (χ0n) is 7.17. The minimum Gasteiger partial charge on any atom is -0.505 e. The van der Waals surface area contributed by atoms with Crippen LogP contribution in [0.15, 0.2) is 16.6 Å². The van der Waals surface area contributed by atoms with E-state index in [0.717, 1.165) is 0 Å². The van der Waals surface area contributed by atoms with Crippen LogP contribution in [0.1, 0.15) is 18.0 Å². The number of rotatable bonds is 2. The lowest BCUT2D eigenvalue weighted by Crippen LogP contribution is -2.10. The van der Waals surface area contributed by atoms with Gasteiger partial charge in [0.05, 0.1) is 17.0 Å². The van der Waals surface area contributed by atoms with Crippen LogP contribution >= 0.6 is 15.9 Å². The van der Waals surface area contributed by atoms with Crippen molar-refractivity contribution < 1.29 is 9.50 Å². The molecule has 0 radical (unpaired) electrons. The Kier molecular flexibility index (Phi) is 3.44. The molecule has 0 aromatic heterocycles. The molecule has 0 aliphatic heterocycles. The number of aromatic hydroxyl groups is 1. The second-order valence-corrected chi connectivity index (χ2v) is 3.62. The summed E-state index contributed by atoms with van der Waals surface area (Å²) >= 11 is 2.93. The Labute approximate surface area is 89.1 Å². The fourth-order valence-corrected chi connectivity index (χ4v) is 1.38. The maximum atomic E-state index is 13.2. The van der Waals surface area contributed by atoms with Crippen LogP contribution in [0.4, 0.5) is 4.39 Å². The Bertz CT molecular complexity index is 389. The minimum absolute atomic E-state index is 0.0363. The summed E-state index contributed by atoms with van der Waals surface area (Å²) in [5.74, 6) is -1.25. The van der Waals surface area contributed by atoms with Gasteiger partial charge in [-0.3, -0.25) is 0 Å². The SMILES string of the molecule is N#CC[C@H](N)c1ccc(Br)c(F)c1O. The Morgan fingerprint density at radius 2 is 2.29 bits per heavy atom. The summed E-state index contributed by atoms with van der Waals surface area (Å²) in [5, 5.41) is 17.8. The summed E-state index contributed by atoms with van der Waals surface area (Å²) in [4.78, 5) is 0. The van der Waals surface area contributed by atoms with Gasteiger partial charge in [-0.15, -0.1) is 0 Å². The zero-order valence-corrected chi connectivity index (χ0v) is 8.75. The van der Waals surface area contributed by atoms with Crippen molar-refractivity contribution >= 4 is 15.9 Å². The first kappa shape index (κ1) is 11.0. The highest BCUT2D eigenvalue weighted by molar-refractivity contribution is 9.10. The monoisotopic (exact) mass is 258 g/mol. The molecule has 0 aliphatic rings. The Morgan fingerprint density at radius 1 is 1.64 bits per heavy atom. The van der Waals surface area contributed by atoms with E-state index in [1.54, 1.807) is 0 Å². The summed E-state index contributed by atoms with van der Waals surface area (Å²) in [5.41, 5.74) is 5.80. The summed E-state index contributed by atoms with van der Waals surface area (Å²) < 4.78 is 13.3. The molecule has 0 fully saturated rings. The second-order valence-electron chi connectivity index (χ2n) is 2.77. The Hall–Kier alpha value is -1.12. The molecule has 0 saturated carbocycles. The van der Waals surface area contributed by atoms with Crippen molar-refractivity contribution in [2.75, 3.05) is 0 Å². The third-order valence-electron chi connectivity index (χ3n) is 1.81. The number of phenolic OH excluding ortho intramolecular Hbond substituents is 1. The first-order chi connectivity index (χ1) is 6.57. The predicted octanol–water partition coefficient (Wildman–Crippen LogP) is 2.21. The lowest BCUT2D eigenvalue weighted by Gasteiger charge is -2.11. The van der Waals surface area contributed by atoms with Crippen LogP contribution < -0.4 is 5.73 Å². The van der Waals surface area contributed by atoms with Gasteiger partial charge in [0, 0.05) is 11.6 Å². The number of benzene rings is 1. The quantitative estimate of drug-likeness (QED) is 0.855. The van der Waals surface area contributed by atoms with Crippen LogP contribution in [0.3, 0.4) is 0 Å². The molecule has 3 N–H and O–H groups in total. The maximum Gasteiger partial charge on any atom is 0.179 e. The number of hydrogen-bond acceptors (Lipinski definition) is 3. The van der Waals surface area contributed by atoms with Gasteiger partial charge in [-0.05, 0) is 22.0 Å². The summed E-state index contributed by atoms with van der Waals surface area (Å²) in [6.07, 6.45) is 0.0363.